The molecule has 0 aromatic carbocycles. The Morgan fingerprint density at radius 3 is 2.71 bits per heavy atom. The molecule has 0 aliphatic heterocycles. The van der Waals surface area contributed by atoms with Crippen LogP contribution >= 0.6 is 11.3 Å². The van der Waals surface area contributed by atoms with Gasteiger partial charge in [0.25, 0.3) is 10.0 Å². The molecule has 0 fully saturated rings. The lowest BCUT2D eigenvalue weighted by Gasteiger charge is -2.12. The maximum absolute atomic E-state index is 11.7. The van der Waals surface area contributed by atoms with Gasteiger partial charge in [0, 0.05) is 6.61 Å². The number of carbonyl (C=O) groups is 1. The number of thiazole rings is 1. The first-order chi connectivity index (χ1) is 7.86. The van der Waals surface area contributed by atoms with Crippen molar-refractivity contribution in [2.75, 3.05) is 6.61 Å². The second-order valence-corrected chi connectivity index (χ2v) is 6.40. The third kappa shape index (κ3) is 3.73. The Bertz CT molecular complexity index is 496. The van der Waals surface area contributed by atoms with Crippen LogP contribution in [0.5, 0.6) is 0 Å². The van der Waals surface area contributed by atoms with Crippen LogP contribution in [0.2, 0.25) is 0 Å². The third-order valence-corrected chi connectivity index (χ3v) is 4.72. The summed E-state index contributed by atoms with van der Waals surface area (Å²) in [6.07, 6.45) is 0.979. The van der Waals surface area contributed by atoms with Gasteiger partial charge in [-0.1, -0.05) is 0 Å². The van der Waals surface area contributed by atoms with Gasteiger partial charge in [0.2, 0.25) is 0 Å². The lowest BCUT2D eigenvalue weighted by atomic mass is 10.2. The molecule has 9 heteroatoms. The van der Waals surface area contributed by atoms with Crippen LogP contribution in [0.3, 0.4) is 0 Å². The molecule has 0 saturated heterocycles. The number of hydrogen-bond donors (Lipinski definition) is 3. The van der Waals surface area contributed by atoms with E-state index in [4.69, 9.17) is 10.2 Å². The number of carboxylic acids is 1. The van der Waals surface area contributed by atoms with Gasteiger partial charge in [-0.3, -0.25) is 4.79 Å². The predicted molar refractivity (Wildman–Crippen MR) is 60.3 cm³/mol. The molecule has 1 atom stereocenters. The highest BCUT2D eigenvalue weighted by Gasteiger charge is 2.26. The Balaban J connectivity index is 2.88. The van der Waals surface area contributed by atoms with E-state index in [0.29, 0.717) is 5.01 Å². The molecule has 0 spiro atoms. The normalized spacial score (nSPS) is 13.5. The number of aliphatic hydroxyl groups is 1. The molecule has 1 aromatic heterocycles. The molecule has 3 N–H and O–H groups in total. The predicted octanol–water partition coefficient (Wildman–Crippen LogP) is -0.435. The molecule has 0 aliphatic carbocycles. The number of nitrogens with zero attached hydrogens (tertiary/aromatic N) is 1. The quantitative estimate of drug-likeness (QED) is 0.650. The average molecular weight is 280 g/mol. The molecule has 0 aliphatic rings. The van der Waals surface area contributed by atoms with Gasteiger partial charge in [0.1, 0.15) is 6.04 Å². The molecule has 0 radical (unpaired) electrons. The molecule has 1 aromatic rings. The number of aryl methyl sites for hydroxylation is 1. The van der Waals surface area contributed by atoms with E-state index in [2.05, 4.69) is 4.98 Å². The van der Waals surface area contributed by atoms with Crippen LogP contribution in [-0.2, 0) is 14.8 Å². The van der Waals surface area contributed by atoms with Crippen LogP contribution in [0, 0.1) is 6.92 Å². The van der Waals surface area contributed by atoms with Gasteiger partial charge in [0.15, 0.2) is 4.21 Å². The molecular weight excluding hydrogens is 268 g/mol. The zero-order chi connectivity index (χ0) is 13.1. The number of hydrogen-bond acceptors (Lipinski definition) is 6. The Morgan fingerprint density at radius 2 is 2.29 bits per heavy atom. The van der Waals surface area contributed by atoms with E-state index in [9.17, 15) is 13.2 Å². The fraction of sp³-hybridized carbons (Fsp3) is 0.500. The first-order valence-corrected chi connectivity index (χ1v) is 6.95. The minimum atomic E-state index is -3.89. The summed E-state index contributed by atoms with van der Waals surface area (Å²) in [5.41, 5.74) is 0. The van der Waals surface area contributed by atoms with Gasteiger partial charge in [-0.05, 0) is 13.3 Å². The number of sulfonamides is 1. The standard InChI is InChI=1S/C8H12N2O5S2/c1-5-9-4-7(16-5)17(14,15)10-6(2-3-11)8(12)13/h4,6,10-11H,2-3H2,1H3,(H,12,13)/t6-/m1/s1. The highest BCUT2D eigenvalue weighted by Crippen LogP contribution is 2.18. The van der Waals surface area contributed by atoms with Crippen molar-refractivity contribution in [3.05, 3.63) is 11.2 Å². The largest absolute Gasteiger partial charge is 0.480 e. The average Bonchev–Trinajstić information content (AvgIpc) is 2.64. The molecule has 17 heavy (non-hydrogen) atoms. The van der Waals surface area contributed by atoms with E-state index in [0.717, 1.165) is 11.3 Å². The van der Waals surface area contributed by atoms with E-state index in [1.54, 1.807) is 6.92 Å². The van der Waals surface area contributed by atoms with Crippen LogP contribution in [0.4, 0.5) is 0 Å². The van der Waals surface area contributed by atoms with Crippen LogP contribution in [0.1, 0.15) is 11.4 Å². The SMILES string of the molecule is Cc1ncc(S(=O)(=O)N[C@H](CCO)C(=O)O)s1. The zero-order valence-electron chi connectivity index (χ0n) is 8.95. The van der Waals surface area contributed by atoms with Crippen LogP contribution in [-0.4, -0.2) is 42.2 Å². The second-order valence-electron chi connectivity index (χ2n) is 3.22. The van der Waals surface area contributed by atoms with Crippen molar-refractivity contribution >= 4 is 27.3 Å². The van der Waals surface area contributed by atoms with Crippen molar-refractivity contribution in [3.63, 3.8) is 0 Å². The van der Waals surface area contributed by atoms with E-state index in [1.807, 2.05) is 4.72 Å². The Kier molecular flexibility index (Phi) is 4.57. The van der Waals surface area contributed by atoms with Crippen LogP contribution in [0.25, 0.3) is 0 Å². The van der Waals surface area contributed by atoms with Gasteiger partial charge in [-0.25, -0.2) is 13.4 Å². The Morgan fingerprint density at radius 1 is 1.65 bits per heavy atom. The topological polar surface area (TPSA) is 117 Å². The van der Waals surface area contributed by atoms with Crippen molar-refractivity contribution < 1.29 is 23.4 Å². The molecular formula is C8H12N2O5S2. The minimum Gasteiger partial charge on any atom is -0.480 e. The highest BCUT2D eigenvalue weighted by atomic mass is 32.2. The number of aliphatic carboxylic acids is 1. The van der Waals surface area contributed by atoms with Crippen molar-refractivity contribution in [1.82, 2.24) is 9.71 Å². The van der Waals surface area contributed by atoms with Gasteiger partial charge >= 0.3 is 5.97 Å². The summed E-state index contributed by atoms with van der Waals surface area (Å²) in [6.45, 7) is 1.23. The summed E-state index contributed by atoms with van der Waals surface area (Å²) in [6, 6.07) is -1.34. The van der Waals surface area contributed by atoms with Crippen LogP contribution in [0.15, 0.2) is 10.4 Å². The molecule has 0 amide bonds. The van der Waals surface area contributed by atoms with Gasteiger partial charge < -0.3 is 10.2 Å². The lowest BCUT2D eigenvalue weighted by Crippen LogP contribution is -2.41. The fourth-order valence-corrected chi connectivity index (χ4v) is 3.42. The minimum absolute atomic E-state index is 0.0424. The number of nitrogens with one attached hydrogen (secondary N) is 1. The van der Waals surface area contributed by atoms with Crippen molar-refractivity contribution in [2.45, 2.75) is 23.6 Å². The monoisotopic (exact) mass is 280 g/mol. The maximum atomic E-state index is 11.7. The molecule has 96 valence electrons. The molecule has 1 rings (SSSR count). The molecule has 0 saturated carbocycles. The van der Waals surface area contributed by atoms with Gasteiger partial charge in [-0.15, -0.1) is 11.3 Å². The zero-order valence-corrected chi connectivity index (χ0v) is 10.6. The number of carboxylic acid groups (broad SMARTS) is 1. The van der Waals surface area contributed by atoms with E-state index >= 15 is 0 Å². The highest BCUT2D eigenvalue weighted by molar-refractivity contribution is 7.91. The smallest absolute Gasteiger partial charge is 0.321 e. The Hall–Kier alpha value is -1.03. The van der Waals surface area contributed by atoms with E-state index < -0.39 is 28.6 Å². The summed E-state index contributed by atoms with van der Waals surface area (Å²) in [4.78, 5) is 14.5. The maximum Gasteiger partial charge on any atom is 0.321 e. The summed E-state index contributed by atoms with van der Waals surface area (Å²) in [5, 5.41) is 18.0. The Labute approximate surface area is 102 Å². The summed E-state index contributed by atoms with van der Waals surface area (Å²) < 4.78 is 25.5. The fourth-order valence-electron chi connectivity index (χ4n) is 1.07. The first kappa shape index (κ1) is 14.0. The second kappa shape index (κ2) is 5.54. The third-order valence-electron chi connectivity index (χ3n) is 1.88. The number of aliphatic hydroxyl groups excluding tert-OH is 1. The first-order valence-electron chi connectivity index (χ1n) is 4.65. The number of aromatic nitrogens is 1. The van der Waals surface area contributed by atoms with Crippen molar-refractivity contribution in [2.24, 2.45) is 0 Å². The van der Waals surface area contributed by atoms with Crippen LogP contribution < -0.4 is 4.72 Å². The lowest BCUT2D eigenvalue weighted by molar-refractivity contribution is -0.139. The molecule has 0 unspecified atom stereocenters. The van der Waals surface area contributed by atoms with E-state index in [-0.39, 0.29) is 10.6 Å². The molecule has 0 bridgehead atoms. The molecule has 7 nitrogen and oxygen atoms in total. The van der Waals surface area contributed by atoms with Crippen molar-refractivity contribution in [1.29, 1.82) is 0 Å². The number of rotatable bonds is 6. The van der Waals surface area contributed by atoms with E-state index in [1.165, 1.54) is 6.20 Å². The van der Waals surface area contributed by atoms with Gasteiger partial charge in [0.05, 0.1) is 11.2 Å². The van der Waals surface area contributed by atoms with Crippen molar-refractivity contribution in [3.8, 4) is 0 Å². The summed E-state index contributed by atoms with van der Waals surface area (Å²) >= 11 is 0.949. The summed E-state index contributed by atoms with van der Waals surface area (Å²) in [5.74, 6) is -1.33. The van der Waals surface area contributed by atoms with Gasteiger partial charge in [-0.2, -0.15) is 4.72 Å². The summed E-state index contributed by atoms with van der Waals surface area (Å²) in [7, 11) is -3.89. The molecule has 1 heterocycles.